The lowest BCUT2D eigenvalue weighted by Crippen LogP contribution is -2.09. The number of ketones is 1. The highest BCUT2D eigenvalue weighted by Gasteiger charge is 2.06. The largest absolute Gasteiger partial charge is 0.462 e. The van der Waals surface area contributed by atoms with Gasteiger partial charge in [-0.15, -0.1) is 0 Å². The van der Waals surface area contributed by atoms with Gasteiger partial charge in [0, 0.05) is 12.0 Å². The molecule has 1 atom stereocenters. The Morgan fingerprint density at radius 2 is 1.88 bits per heavy atom. The van der Waals surface area contributed by atoms with E-state index in [0.717, 1.165) is 19.3 Å². The number of Topliss-reactive ketones (excluding diaryl/α,β-unsaturated/α-hetero) is 1. The fourth-order valence-electron chi connectivity index (χ4n) is 1.32. The number of hydrogen-bond acceptors (Lipinski definition) is 3. The van der Waals surface area contributed by atoms with Crippen LogP contribution in [-0.4, -0.2) is 18.4 Å². The van der Waals surface area contributed by atoms with Crippen LogP contribution in [0.2, 0.25) is 0 Å². The SMILES string of the molecule is C=C(C)C(=O)OCCC(C)CCCC(C)=O. The van der Waals surface area contributed by atoms with Crippen molar-refractivity contribution in [3.63, 3.8) is 0 Å². The summed E-state index contributed by atoms with van der Waals surface area (Å²) in [6, 6.07) is 0. The molecule has 0 bridgehead atoms. The lowest BCUT2D eigenvalue weighted by Gasteiger charge is -2.10. The Morgan fingerprint density at radius 1 is 1.25 bits per heavy atom. The van der Waals surface area contributed by atoms with Gasteiger partial charge in [-0.3, -0.25) is 0 Å². The normalized spacial score (nSPS) is 11.9. The lowest BCUT2D eigenvalue weighted by molar-refractivity contribution is -0.139. The lowest BCUT2D eigenvalue weighted by atomic mass is 10.0. The van der Waals surface area contributed by atoms with Gasteiger partial charge in [0.1, 0.15) is 5.78 Å². The zero-order chi connectivity index (χ0) is 12.6. The maximum absolute atomic E-state index is 11.1. The Morgan fingerprint density at radius 3 is 2.38 bits per heavy atom. The summed E-state index contributed by atoms with van der Waals surface area (Å²) in [5.74, 6) is 0.397. The van der Waals surface area contributed by atoms with E-state index in [1.165, 1.54) is 0 Å². The van der Waals surface area contributed by atoms with Gasteiger partial charge in [0.05, 0.1) is 6.61 Å². The van der Waals surface area contributed by atoms with Crippen molar-refractivity contribution in [3.05, 3.63) is 12.2 Å². The van der Waals surface area contributed by atoms with Crippen molar-refractivity contribution >= 4 is 11.8 Å². The molecule has 0 saturated carbocycles. The predicted molar refractivity (Wildman–Crippen MR) is 64.1 cm³/mol. The third-order valence-electron chi connectivity index (χ3n) is 2.42. The summed E-state index contributed by atoms with van der Waals surface area (Å²) in [5, 5.41) is 0. The van der Waals surface area contributed by atoms with Gasteiger partial charge in [-0.1, -0.05) is 19.9 Å². The van der Waals surface area contributed by atoms with Crippen LogP contribution in [0.15, 0.2) is 12.2 Å². The first-order valence-corrected chi connectivity index (χ1v) is 5.75. The van der Waals surface area contributed by atoms with Crippen LogP contribution in [0.25, 0.3) is 0 Å². The summed E-state index contributed by atoms with van der Waals surface area (Å²) < 4.78 is 5.00. The molecule has 0 aromatic heterocycles. The minimum Gasteiger partial charge on any atom is -0.462 e. The van der Waals surface area contributed by atoms with Crippen LogP contribution in [0.5, 0.6) is 0 Å². The number of hydrogen-bond donors (Lipinski definition) is 0. The monoisotopic (exact) mass is 226 g/mol. The molecule has 0 saturated heterocycles. The zero-order valence-corrected chi connectivity index (χ0v) is 10.5. The van der Waals surface area contributed by atoms with Crippen LogP contribution in [0.1, 0.15) is 46.5 Å². The molecule has 3 nitrogen and oxygen atoms in total. The molecule has 0 amide bonds. The van der Waals surface area contributed by atoms with Crippen LogP contribution in [0, 0.1) is 5.92 Å². The average Bonchev–Trinajstić information content (AvgIpc) is 2.16. The van der Waals surface area contributed by atoms with E-state index >= 15 is 0 Å². The number of rotatable bonds is 8. The summed E-state index contributed by atoms with van der Waals surface area (Å²) in [7, 11) is 0. The van der Waals surface area contributed by atoms with Crippen molar-refractivity contribution < 1.29 is 14.3 Å². The van der Waals surface area contributed by atoms with Gasteiger partial charge < -0.3 is 9.53 Å². The molecule has 0 radical (unpaired) electrons. The van der Waals surface area contributed by atoms with Crippen LogP contribution in [0.4, 0.5) is 0 Å². The van der Waals surface area contributed by atoms with E-state index in [2.05, 4.69) is 13.5 Å². The maximum Gasteiger partial charge on any atom is 0.333 e. The van der Waals surface area contributed by atoms with E-state index < -0.39 is 0 Å². The highest BCUT2D eigenvalue weighted by molar-refractivity contribution is 5.86. The van der Waals surface area contributed by atoms with Crippen molar-refractivity contribution in [1.82, 2.24) is 0 Å². The zero-order valence-electron chi connectivity index (χ0n) is 10.5. The maximum atomic E-state index is 11.1. The van der Waals surface area contributed by atoms with Crippen LogP contribution >= 0.6 is 0 Å². The van der Waals surface area contributed by atoms with Crippen LogP contribution in [0.3, 0.4) is 0 Å². The highest BCUT2D eigenvalue weighted by atomic mass is 16.5. The molecule has 0 fully saturated rings. The Kier molecular flexibility index (Phi) is 7.52. The summed E-state index contributed by atoms with van der Waals surface area (Å²) >= 11 is 0. The van der Waals surface area contributed by atoms with Gasteiger partial charge in [0.25, 0.3) is 0 Å². The molecule has 0 heterocycles. The van der Waals surface area contributed by atoms with Crippen molar-refractivity contribution in [1.29, 1.82) is 0 Å². The summed E-state index contributed by atoms with van der Waals surface area (Å²) in [6.07, 6.45) is 3.42. The van der Waals surface area contributed by atoms with Gasteiger partial charge in [-0.25, -0.2) is 4.79 Å². The second-order valence-corrected chi connectivity index (χ2v) is 4.40. The van der Waals surface area contributed by atoms with Gasteiger partial charge in [0.2, 0.25) is 0 Å². The summed E-state index contributed by atoms with van der Waals surface area (Å²) in [5.41, 5.74) is 0.434. The van der Waals surface area contributed by atoms with E-state index in [0.29, 0.717) is 24.5 Å². The number of esters is 1. The Labute approximate surface area is 97.9 Å². The van der Waals surface area contributed by atoms with Crippen molar-refractivity contribution in [3.8, 4) is 0 Å². The van der Waals surface area contributed by atoms with Crippen molar-refractivity contribution in [2.24, 2.45) is 5.92 Å². The number of carbonyl (C=O) groups excluding carboxylic acids is 2. The van der Waals surface area contributed by atoms with Gasteiger partial charge in [0.15, 0.2) is 0 Å². The first-order chi connectivity index (χ1) is 7.43. The summed E-state index contributed by atoms with van der Waals surface area (Å²) in [6.45, 7) is 9.30. The smallest absolute Gasteiger partial charge is 0.333 e. The fourth-order valence-corrected chi connectivity index (χ4v) is 1.32. The molecular formula is C13H22O3. The average molecular weight is 226 g/mol. The van der Waals surface area contributed by atoms with Gasteiger partial charge >= 0.3 is 5.97 Å². The Bertz CT molecular complexity index is 256. The topological polar surface area (TPSA) is 43.4 Å². The molecule has 0 aromatic rings. The highest BCUT2D eigenvalue weighted by Crippen LogP contribution is 2.12. The van der Waals surface area contributed by atoms with Crippen LogP contribution in [-0.2, 0) is 14.3 Å². The molecule has 0 aliphatic heterocycles. The second-order valence-electron chi connectivity index (χ2n) is 4.40. The minimum atomic E-state index is -0.323. The molecule has 3 heteroatoms. The molecule has 92 valence electrons. The number of carbonyl (C=O) groups is 2. The molecule has 0 rings (SSSR count). The molecule has 0 aliphatic rings. The van der Waals surface area contributed by atoms with E-state index in [9.17, 15) is 9.59 Å². The van der Waals surface area contributed by atoms with Crippen LogP contribution < -0.4 is 0 Å². The Balaban J connectivity index is 3.50. The van der Waals surface area contributed by atoms with E-state index in [-0.39, 0.29) is 11.8 Å². The number of ether oxygens (including phenoxy) is 1. The second kappa shape index (κ2) is 8.08. The van der Waals surface area contributed by atoms with E-state index in [4.69, 9.17) is 4.74 Å². The first-order valence-electron chi connectivity index (χ1n) is 5.75. The van der Waals surface area contributed by atoms with Gasteiger partial charge in [-0.05, 0) is 32.6 Å². The molecule has 0 N–H and O–H groups in total. The molecular weight excluding hydrogens is 204 g/mol. The minimum absolute atomic E-state index is 0.237. The fraction of sp³-hybridized carbons (Fsp3) is 0.692. The van der Waals surface area contributed by atoms with Crippen molar-refractivity contribution in [2.45, 2.75) is 46.5 Å². The predicted octanol–water partition coefficient (Wildman–Crippen LogP) is 2.89. The third-order valence-corrected chi connectivity index (χ3v) is 2.42. The first kappa shape index (κ1) is 14.9. The molecule has 0 spiro atoms. The van der Waals surface area contributed by atoms with Gasteiger partial charge in [-0.2, -0.15) is 0 Å². The molecule has 1 unspecified atom stereocenters. The van der Waals surface area contributed by atoms with E-state index in [1.807, 2.05) is 0 Å². The van der Waals surface area contributed by atoms with E-state index in [1.54, 1.807) is 13.8 Å². The third kappa shape index (κ3) is 8.21. The quantitative estimate of drug-likeness (QED) is 0.472. The molecule has 0 aliphatic carbocycles. The molecule has 0 aromatic carbocycles. The molecule has 16 heavy (non-hydrogen) atoms. The summed E-state index contributed by atoms with van der Waals surface area (Å²) in [4.78, 5) is 21.8. The Hall–Kier alpha value is -1.12. The standard InChI is InChI=1S/C13H22O3/c1-10(2)13(15)16-9-8-11(3)6-5-7-12(4)14/h11H,1,5-9H2,2-4H3. The van der Waals surface area contributed by atoms with Crippen molar-refractivity contribution in [2.75, 3.05) is 6.61 Å².